The Morgan fingerprint density at radius 1 is 1.18 bits per heavy atom. The lowest BCUT2D eigenvalue weighted by Crippen LogP contribution is -2.27. The zero-order valence-corrected chi connectivity index (χ0v) is 12.2. The molecule has 0 spiro atoms. The van der Waals surface area contributed by atoms with Gasteiger partial charge < -0.3 is 10.1 Å². The van der Waals surface area contributed by atoms with Gasteiger partial charge in [-0.3, -0.25) is 4.79 Å². The van der Waals surface area contributed by atoms with Gasteiger partial charge >= 0.3 is 6.61 Å². The van der Waals surface area contributed by atoms with Crippen LogP contribution in [0, 0.1) is 6.92 Å². The minimum Gasteiger partial charge on any atom is -0.435 e. The Labute approximate surface area is 127 Å². The maximum atomic E-state index is 12.1. The number of carbonyl (C=O) groups excluding carboxylic acids is 1. The van der Waals surface area contributed by atoms with Crippen molar-refractivity contribution >= 4 is 5.91 Å². The molecule has 4 nitrogen and oxygen atoms in total. The number of hydrogen-bond acceptors (Lipinski definition) is 3. The zero-order valence-electron chi connectivity index (χ0n) is 12.2. The van der Waals surface area contributed by atoms with Crippen LogP contribution in [-0.2, 0) is 0 Å². The number of hydrogen-bond donors (Lipinski definition) is 1. The molecule has 0 aliphatic heterocycles. The minimum atomic E-state index is -2.85. The van der Waals surface area contributed by atoms with Crippen molar-refractivity contribution < 1.29 is 18.3 Å². The molecule has 2 rings (SSSR count). The molecule has 1 aromatic carbocycles. The van der Waals surface area contributed by atoms with E-state index in [2.05, 4.69) is 15.0 Å². The van der Waals surface area contributed by atoms with Crippen LogP contribution in [0.2, 0.25) is 0 Å². The summed E-state index contributed by atoms with van der Waals surface area (Å²) in [6.07, 6.45) is 0. The molecule has 1 N–H and O–H groups in total. The van der Waals surface area contributed by atoms with Crippen molar-refractivity contribution in [3.63, 3.8) is 0 Å². The Kier molecular flexibility index (Phi) is 5.04. The van der Waals surface area contributed by atoms with Gasteiger partial charge in [-0.15, -0.1) is 0 Å². The van der Waals surface area contributed by atoms with Gasteiger partial charge in [-0.25, -0.2) is 4.98 Å². The van der Waals surface area contributed by atoms with E-state index in [0.29, 0.717) is 5.69 Å². The molecule has 0 aliphatic rings. The average Bonchev–Trinajstić information content (AvgIpc) is 2.47. The van der Waals surface area contributed by atoms with E-state index < -0.39 is 6.61 Å². The number of pyridine rings is 1. The highest BCUT2D eigenvalue weighted by atomic mass is 19.3. The van der Waals surface area contributed by atoms with E-state index in [0.717, 1.165) is 11.3 Å². The van der Waals surface area contributed by atoms with Gasteiger partial charge in [0.2, 0.25) is 0 Å². The van der Waals surface area contributed by atoms with E-state index in [1.54, 1.807) is 31.2 Å². The molecule has 0 aliphatic carbocycles. The molecule has 0 radical (unpaired) electrons. The van der Waals surface area contributed by atoms with Gasteiger partial charge in [-0.2, -0.15) is 8.78 Å². The van der Waals surface area contributed by atoms with Gasteiger partial charge in [0.1, 0.15) is 11.4 Å². The number of aryl methyl sites for hydroxylation is 1. The van der Waals surface area contributed by atoms with Crippen molar-refractivity contribution in [1.29, 1.82) is 0 Å². The molecule has 0 bridgehead atoms. The fourth-order valence-electron chi connectivity index (χ4n) is 1.96. The van der Waals surface area contributed by atoms with Crippen LogP contribution >= 0.6 is 0 Å². The third kappa shape index (κ3) is 4.25. The van der Waals surface area contributed by atoms with Crippen LogP contribution in [0.4, 0.5) is 8.78 Å². The van der Waals surface area contributed by atoms with Gasteiger partial charge in [0.05, 0.1) is 6.04 Å². The molecule has 0 saturated carbocycles. The third-order valence-corrected chi connectivity index (χ3v) is 3.07. The predicted octanol–water partition coefficient (Wildman–Crippen LogP) is 3.48. The summed E-state index contributed by atoms with van der Waals surface area (Å²) < 4.78 is 28.5. The summed E-state index contributed by atoms with van der Waals surface area (Å²) in [4.78, 5) is 16.2. The van der Waals surface area contributed by atoms with Crippen LogP contribution in [0.1, 0.15) is 34.7 Å². The highest BCUT2D eigenvalue weighted by Crippen LogP contribution is 2.19. The molecule has 1 atom stereocenters. The molecule has 1 heterocycles. The fraction of sp³-hybridized carbons (Fsp3) is 0.250. The molecule has 1 amide bonds. The van der Waals surface area contributed by atoms with Gasteiger partial charge in [0.15, 0.2) is 0 Å². The third-order valence-electron chi connectivity index (χ3n) is 3.07. The predicted molar refractivity (Wildman–Crippen MR) is 77.9 cm³/mol. The molecule has 2 aromatic rings. The summed E-state index contributed by atoms with van der Waals surface area (Å²) in [5, 5.41) is 2.81. The number of rotatable bonds is 5. The van der Waals surface area contributed by atoms with Gasteiger partial charge in [-0.05, 0) is 43.7 Å². The Morgan fingerprint density at radius 2 is 1.86 bits per heavy atom. The number of alkyl halides is 2. The van der Waals surface area contributed by atoms with Gasteiger partial charge in [0, 0.05) is 5.69 Å². The first kappa shape index (κ1) is 15.9. The van der Waals surface area contributed by atoms with Crippen LogP contribution in [0.15, 0.2) is 42.5 Å². The van der Waals surface area contributed by atoms with E-state index in [1.807, 2.05) is 13.0 Å². The summed E-state index contributed by atoms with van der Waals surface area (Å²) in [5.74, 6) is -0.207. The van der Waals surface area contributed by atoms with E-state index in [4.69, 9.17) is 0 Å². The number of aromatic nitrogens is 1. The molecule has 1 aromatic heterocycles. The van der Waals surface area contributed by atoms with Gasteiger partial charge in [-0.1, -0.05) is 18.2 Å². The number of carbonyl (C=O) groups is 1. The Bertz CT molecular complexity index is 645. The lowest BCUT2D eigenvalue weighted by atomic mass is 10.1. The van der Waals surface area contributed by atoms with E-state index in [-0.39, 0.29) is 17.7 Å². The maximum Gasteiger partial charge on any atom is 0.387 e. The van der Waals surface area contributed by atoms with Crippen molar-refractivity contribution in [2.45, 2.75) is 26.5 Å². The molecule has 6 heteroatoms. The van der Waals surface area contributed by atoms with Crippen LogP contribution in [0.5, 0.6) is 5.75 Å². The van der Waals surface area contributed by atoms with Crippen LogP contribution in [0.25, 0.3) is 0 Å². The lowest BCUT2D eigenvalue weighted by Gasteiger charge is -2.15. The number of benzene rings is 1. The van der Waals surface area contributed by atoms with E-state index in [1.165, 1.54) is 12.1 Å². The largest absolute Gasteiger partial charge is 0.435 e. The number of nitrogens with one attached hydrogen (secondary N) is 1. The first-order valence-electron chi connectivity index (χ1n) is 6.75. The summed E-state index contributed by atoms with van der Waals surface area (Å²) in [5.41, 5.74) is 1.88. The fourth-order valence-corrected chi connectivity index (χ4v) is 1.96. The summed E-state index contributed by atoms with van der Waals surface area (Å²) in [6, 6.07) is 11.1. The number of ether oxygens (including phenoxy) is 1. The summed E-state index contributed by atoms with van der Waals surface area (Å²) in [6.45, 7) is 0.758. The monoisotopic (exact) mass is 306 g/mol. The molecule has 0 unspecified atom stereocenters. The molecule has 22 heavy (non-hydrogen) atoms. The Morgan fingerprint density at radius 3 is 2.45 bits per heavy atom. The lowest BCUT2D eigenvalue weighted by molar-refractivity contribution is -0.0498. The van der Waals surface area contributed by atoms with Crippen molar-refractivity contribution in [3.05, 3.63) is 59.4 Å². The second-order valence-corrected chi connectivity index (χ2v) is 4.81. The Hall–Kier alpha value is -2.50. The van der Waals surface area contributed by atoms with Crippen LogP contribution < -0.4 is 10.1 Å². The van der Waals surface area contributed by atoms with E-state index in [9.17, 15) is 13.6 Å². The number of amides is 1. The summed E-state index contributed by atoms with van der Waals surface area (Å²) >= 11 is 0. The second kappa shape index (κ2) is 6.98. The van der Waals surface area contributed by atoms with E-state index >= 15 is 0 Å². The minimum absolute atomic E-state index is 0.0811. The van der Waals surface area contributed by atoms with Crippen molar-refractivity contribution in [2.24, 2.45) is 0 Å². The maximum absolute atomic E-state index is 12.1. The normalized spacial score (nSPS) is 12.0. The average molecular weight is 306 g/mol. The van der Waals surface area contributed by atoms with Crippen LogP contribution in [-0.4, -0.2) is 17.5 Å². The van der Waals surface area contributed by atoms with Crippen LogP contribution in [0.3, 0.4) is 0 Å². The standard InChI is InChI=1S/C16H16F2N2O2/c1-10-4-3-5-14(19-10)15(21)20-11(2)12-6-8-13(9-7-12)22-16(17)18/h3-9,11,16H,1-2H3,(H,20,21)/t11-/m0/s1. The zero-order chi connectivity index (χ0) is 16.1. The van der Waals surface area contributed by atoms with Crippen molar-refractivity contribution in [1.82, 2.24) is 10.3 Å². The Balaban J connectivity index is 2.02. The highest BCUT2D eigenvalue weighted by molar-refractivity contribution is 5.92. The first-order chi connectivity index (χ1) is 10.5. The number of halogens is 2. The number of nitrogens with zero attached hydrogens (tertiary/aromatic N) is 1. The quantitative estimate of drug-likeness (QED) is 0.920. The SMILES string of the molecule is Cc1cccc(C(=O)N[C@@H](C)c2ccc(OC(F)F)cc2)n1. The van der Waals surface area contributed by atoms with Crippen molar-refractivity contribution in [3.8, 4) is 5.75 Å². The highest BCUT2D eigenvalue weighted by Gasteiger charge is 2.13. The van der Waals surface area contributed by atoms with Gasteiger partial charge in [0.25, 0.3) is 5.91 Å². The molecular formula is C16H16F2N2O2. The molecule has 0 fully saturated rings. The first-order valence-corrected chi connectivity index (χ1v) is 6.75. The molecular weight excluding hydrogens is 290 g/mol. The topological polar surface area (TPSA) is 51.2 Å². The van der Waals surface area contributed by atoms with Crippen molar-refractivity contribution in [2.75, 3.05) is 0 Å². The molecule has 0 saturated heterocycles. The summed E-state index contributed by atoms with van der Waals surface area (Å²) in [7, 11) is 0. The smallest absolute Gasteiger partial charge is 0.387 e. The molecule has 116 valence electrons. The second-order valence-electron chi connectivity index (χ2n) is 4.81.